The highest BCUT2D eigenvalue weighted by Crippen LogP contribution is 2.28. The first-order valence-electron chi connectivity index (χ1n) is 13.6. The van der Waals surface area contributed by atoms with Crippen molar-refractivity contribution in [2.45, 2.75) is 49.2 Å². The van der Waals surface area contributed by atoms with Gasteiger partial charge in [-0.3, -0.25) is 4.79 Å². The van der Waals surface area contributed by atoms with Crippen LogP contribution >= 0.6 is 11.6 Å². The van der Waals surface area contributed by atoms with Gasteiger partial charge in [0.25, 0.3) is 0 Å². The minimum Gasteiger partial charge on any atom is -0.453 e. The first-order chi connectivity index (χ1) is 20.1. The van der Waals surface area contributed by atoms with Crippen molar-refractivity contribution < 1.29 is 27.1 Å². The Morgan fingerprint density at radius 3 is 2.48 bits per heavy atom. The maximum atomic E-state index is 15.2. The summed E-state index contributed by atoms with van der Waals surface area (Å²) in [6.45, 7) is 2.73. The predicted molar refractivity (Wildman–Crippen MR) is 159 cm³/mol. The van der Waals surface area contributed by atoms with E-state index >= 15 is 4.39 Å². The van der Waals surface area contributed by atoms with E-state index < -0.39 is 39.9 Å². The first kappa shape index (κ1) is 31.4. The van der Waals surface area contributed by atoms with Crippen molar-refractivity contribution in [3.05, 3.63) is 94.8 Å². The van der Waals surface area contributed by atoms with Crippen LogP contribution in [0.5, 0.6) is 0 Å². The van der Waals surface area contributed by atoms with Gasteiger partial charge in [0.1, 0.15) is 11.9 Å². The monoisotopic (exact) mass is 616 g/mol. The van der Waals surface area contributed by atoms with E-state index in [-0.39, 0.29) is 35.0 Å². The summed E-state index contributed by atoms with van der Waals surface area (Å²) in [7, 11) is -2.60. The zero-order chi connectivity index (χ0) is 30.3. The third-order valence-electron chi connectivity index (χ3n) is 7.18. The summed E-state index contributed by atoms with van der Waals surface area (Å²) in [6, 6.07) is 17.6. The minimum atomic E-state index is -3.79. The lowest BCUT2D eigenvalue weighted by Crippen LogP contribution is -2.58. The van der Waals surface area contributed by atoms with Crippen LogP contribution in [-0.2, 0) is 32.4 Å². The van der Waals surface area contributed by atoms with Gasteiger partial charge in [-0.1, -0.05) is 48.0 Å². The highest BCUT2D eigenvalue weighted by molar-refractivity contribution is 7.89. The van der Waals surface area contributed by atoms with Crippen molar-refractivity contribution in [2.75, 3.05) is 25.5 Å². The van der Waals surface area contributed by atoms with Gasteiger partial charge in [0.15, 0.2) is 0 Å². The molecule has 42 heavy (non-hydrogen) atoms. The largest absolute Gasteiger partial charge is 0.453 e. The molecule has 0 bridgehead atoms. The van der Waals surface area contributed by atoms with Crippen molar-refractivity contribution in [3.8, 4) is 0 Å². The SMILES string of the molecule is COC(=O)N[C@@H](Cc1ccc(Cl)cc1)C(=O)Nc1cccc(F)c1CC[C@H]1CNC[C@H](C)N1S(=O)(=O)c1ccccc1. The molecule has 9 nitrogen and oxygen atoms in total. The highest BCUT2D eigenvalue weighted by atomic mass is 35.5. The number of benzene rings is 3. The van der Waals surface area contributed by atoms with Gasteiger partial charge in [0, 0.05) is 47.9 Å². The number of alkyl carbamates (subject to hydrolysis) is 1. The van der Waals surface area contributed by atoms with E-state index in [1.165, 1.54) is 23.5 Å². The number of piperazine rings is 1. The van der Waals surface area contributed by atoms with Crippen LogP contribution in [0.15, 0.2) is 77.7 Å². The number of nitrogens with one attached hydrogen (secondary N) is 3. The molecule has 12 heteroatoms. The standard InChI is InChI=1S/C30H34ClFN4O5S/c1-20-18-33-19-23(36(20)42(39,40)24-7-4-3-5-8-24)15-16-25-26(32)9-6-10-27(25)34-29(37)28(35-30(38)41-2)17-21-11-13-22(31)14-12-21/h3-14,20,23,28,33H,15-19H2,1-2H3,(H,34,37)(H,35,38)/t20-,23-,28-/m0/s1. The number of carbonyl (C=O) groups excluding carboxylic acids is 2. The van der Waals surface area contributed by atoms with Gasteiger partial charge in [-0.05, 0) is 61.7 Å². The number of anilines is 1. The molecule has 0 radical (unpaired) electrons. The van der Waals surface area contributed by atoms with E-state index in [0.29, 0.717) is 24.5 Å². The molecule has 1 fully saturated rings. The molecule has 1 aliphatic rings. The van der Waals surface area contributed by atoms with Crippen LogP contribution in [0.2, 0.25) is 5.02 Å². The molecule has 1 heterocycles. The molecule has 1 aliphatic heterocycles. The van der Waals surface area contributed by atoms with Crippen LogP contribution in [0.1, 0.15) is 24.5 Å². The van der Waals surface area contributed by atoms with Gasteiger partial charge >= 0.3 is 6.09 Å². The number of rotatable bonds is 10. The normalized spacial score (nSPS) is 18.2. The van der Waals surface area contributed by atoms with Crippen LogP contribution < -0.4 is 16.0 Å². The third kappa shape index (κ3) is 7.65. The fraction of sp³-hybridized carbons (Fsp3) is 0.333. The summed E-state index contributed by atoms with van der Waals surface area (Å²) >= 11 is 5.97. The van der Waals surface area contributed by atoms with E-state index in [1.54, 1.807) is 60.7 Å². The Labute approximate surface area is 250 Å². The van der Waals surface area contributed by atoms with Gasteiger partial charge in [-0.2, -0.15) is 4.31 Å². The average molecular weight is 617 g/mol. The second kappa shape index (κ2) is 14.1. The van der Waals surface area contributed by atoms with E-state index in [9.17, 15) is 18.0 Å². The van der Waals surface area contributed by atoms with Gasteiger partial charge in [-0.15, -0.1) is 0 Å². The van der Waals surface area contributed by atoms with Gasteiger partial charge < -0.3 is 20.7 Å². The molecule has 3 atom stereocenters. The summed E-state index contributed by atoms with van der Waals surface area (Å²) in [5.41, 5.74) is 1.22. The number of hydrogen-bond acceptors (Lipinski definition) is 6. The number of nitrogens with zero attached hydrogens (tertiary/aromatic N) is 1. The quantitative estimate of drug-likeness (QED) is 0.312. The van der Waals surface area contributed by atoms with Gasteiger partial charge in [-0.25, -0.2) is 17.6 Å². The van der Waals surface area contributed by atoms with Gasteiger partial charge in [0.05, 0.1) is 12.0 Å². The average Bonchev–Trinajstić information content (AvgIpc) is 2.97. The lowest BCUT2D eigenvalue weighted by Gasteiger charge is -2.40. The molecule has 0 aliphatic carbocycles. The van der Waals surface area contributed by atoms with Crippen LogP contribution in [0.25, 0.3) is 0 Å². The smallest absolute Gasteiger partial charge is 0.407 e. The minimum absolute atomic E-state index is 0.140. The zero-order valence-electron chi connectivity index (χ0n) is 23.3. The number of carbonyl (C=O) groups is 2. The Hall–Kier alpha value is -3.51. The van der Waals surface area contributed by atoms with E-state index in [1.807, 2.05) is 6.92 Å². The molecule has 0 unspecified atom stereocenters. The summed E-state index contributed by atoms with van der Waals surface area (Å²) < 4.78 is 48.5. The number of ether oxygens (including phenoxy) is 1. The molecular formula is C30H34ClFN4O5S. The van der Waals surface area contributed by atoms with Crippen LogP contribution in [0.3, 0.4) is 0 Å². The van der Waals surface area contributed by atoms with Crippen molar-refractivity contribution >= 4 is 39.3 Å². The topological polar surface area (TPSA) is 117 Å². The Balaban J connectivity index is 1.54. The van der Waals surface area contributed by atoms with Crippen LogP contribution in [-0.4, -0.2) is 63.0 Å². The molecule has 3 aromatic carbocycles. The van der Waals surface area contributed by atoms with Crippen molar-refractivity contribution in [3.63, 3.8) is 0 Å². The summed E-state index contributed by atoms with van der Waals surface area (Å²) in [5, 5.41) is 9.08. The van der Waals surface area contributed by atoms with Crippen molar-refractivity contribution in [1.82, 2.24) is 14.9 Å². The Kier molecular flexibility index (Phi) is 10.6. The third-order valence-corrected chi connectivity index (χ3v) is 9.52. The number of sulfonamides is 1. The summed E-state index contributed by atoms with van der Waals surface area (Å²) in [5.74, 6) is -1.10. The second-order valence-electron chi connectivity index (χ2n) is 10.1. The van der Waals surface area contributed by atoms with E-state index in [4.69, 9.17) is 16.3 Å². The number of amides is 2. The van der Waals surface area contributed by atoms with E-state index in [2.05, 4.69) is 16.0 Å². The lowest BCUT2D eigenvalue weighted by molar-refractivity contribution is -0.118. The molecule has 0 saturated carbocycles. The fourth-order valence-electron chi connectivity index (χ4n) is 5.10. The van der Waals surface area contributed by atoms with Crippen molar-refractivity contribution in [2.24, 2.45) is 0 Å². The molecule has 0 spiro atoms. The Bertz CT molecular complexity index is 1490. The first-order valence-corrected chi connectivity index (χ1v) is 15.4. The lowest BCUT2D eigenvalue weighted by atomic mass is 10.00. The molecule has 2 amide bonds. The number of methoxy groups -OCH3 is 1. The second-order valence-corrected chi connectivity index (χ2v) is 12.4. The maximum absolute atomic E-state index is 15.2. The van der Waals surface area contributed by atoms with Crippen molar-refractivity contribution in [1.29, 1.82) is 0 Å². The van der Waals surface area contributed by atoms with Gasteiger partial charge in [0.2, 0.25) is 15.9 Å². The molecular weight excluding hydrogens is 583 g/mol. The van der Waals surface area contributed by atoms with E-state index in [0.717, 1.165) is 5.56 Å². The van der Waals surface area contributed by atoms with Crippen LogP contribution in [0.4, 0.5) is 14.9 Å². The molecule has 1 saturated heterocycles. The van der Waals surface area contributed by atoms with Crippen LogP contribution in [0, 0.1) is 5.82 Å². The molecule has 0 aromatic heterocycles. The highest BCUT2D eigenvalue weighted by Gasteiger charge is 2.37. The Morgan fingerprint density at radius 1 is 1.07 bits per heavy atom. The molecule has 3 aromatic rings. The molecule has 224 valence electrons. The Morgan fingerprint density at radius 2 is 1.79 bits per heavy atom. The summed E-state index contributed by atoms with van der Waals surface area (Å²) in [4.78, 5) is 25.6. The maximum Gasteiger partial charge on any atom is 0.407 e. The number of hydrogen-bond donors (Lipinski definition) is 3. The fourth-order valence-corrected chi connectivity index (χ4v) is 7.09. The molecule has 3 N–H and O–H groups in total. The number of halogens is 2. The zero-order valence-corrected chi connectivity index (χ0v) is 24.9. The summed E-state index contributed by atoms with van der Waals surface area (Å²) in [6.07, 6.45) is -0.182. The predicted octanol–water partition coefficient (Wildman–Crippen LogP) is 4.37. The molecule has 4 rings (SSSR count).